The maximum atomic E-state index is 5.91. The summed E-state index contributed by atoms with van der Waals surface area (Å²) in [7, 11) is 1.80. The van der Waals surface area contributed by atoms with Gasteiger partial charge in [-0.3, -0.25) is 10.2 Å². The number of nitrogens with one attached hydrogen (secondary N) is 1. The summed E-state index contributed by atoms with van der Waals surface area (Å²) in [4.78, 5) is 2.42. The molecule has 0 amide bonds. The van der Waals surface area contributed by atoms with Crippen molar-refractivity contribution in [2.45, 2.75) is 12.1 Å². The highest BCUT2D eigenvalue weighted by Crippen LogP contribution is 2.30. The minimum absolute atomic E-state index is 0.369. The second-order valence-electron chi connectivity index (χ2n) is 5.25. The van der Waals surface area contributed by atoms with E-state index in [0.717, 1.165) is 45.8 Å². The molecule has 0 spiro atoms. The van der Waals surface area contributed by atoms with Crippen molar-refractivity contribution in [3.05, 3.63) is 35.4 Å². The van der Waals surface area contributed by atoms with Crippen LogP contribution >= 0.6 is 0 Å². The molecule has 1 N–H and O–H groups in total. The molecule has 0 radical (unpaired) electrons. The largest absolute Gasteiger partial charge is 0.379 e. The van der Waals surface area contributed by atoms with Gasteiger partial charge in [-0.25, -0.2) is 0 Å². The SMILES string of the molecule is COC1(CN2CCOCC2)NCCc2ccccc21. The first-order valence-corrected chi connectivity index (χ1v) is 7.03. The first-order chi connectivity index (χ1) is 9.34. The van der Waals surface area contributed by atoms with Crippen molar-refractivity contribution in [3.63, 3.8) is 0 Å². The predicted molar refractivity (Wildman–Crippen MR) is 74.1 cm³/mol. The summed E-state index contributed by atoms with van der Waals surface area (Å²) in [5, 5.41) is 3.58. The summed E-state index contributed by atoms with van der Waals surface area (Å²) in [6.45, 7) is 5.45. The molecule has 3 rings (SSSR count). The monoisotopic (exact) mass is 262 g/mol. The van der Waals surface area contributed by atoms with Crippen LogP contribution < -0.4 is 5.32 Å². The zero-order valence-corrected chi connectivity index (χ0v) is 11.5. The molecule has 1 unspecified atom stereocenters. The Morgan fingerprint density at radius 2 is 2.11 bits per heavy atom. The average Bonchev–Trinajstić information content (AvgIpc) is 2.49. The van der Waals surface area contributed by atoms with E-state index in [1.54, 1.807) is 7.11 Å². The van der Waals surface area contributed by atoms with E-state index in [1.165, 1.54) is 11.1 Å². The molecular weight excluding hydrogens is 240 g/mol. The van der Waals surface area contributed by atoms with Crippen LogP contribution in [-0.4, -0.2) is 51.4 Å². The molecule has 4 nitrogen and oxygen atoms in total. The van der Waals surface area contributed by atoms with E-state index >= 15 is 0 Å². The van der Waals surface area contributed by atoms with E-state index < -0.39 is 0 Å². The summed E-state index contributed by atoms with van der Waals surface area (Å²) in [5.74, 6) is 0. The Hall–Kier alpha value is -0.940. The topological polar surface area (TPSA) is 33.7 Å². The van der Waals surface area contributed by atoms with E-state index in [0.29, 0.717) is 0 Å². The quantitative estimate of drug-likeness (QED) is 0.880. The van der Waals surface area contributed by atoms with Gasteiger partial charge in [0.05, 0.1) is 13.2 Å². The molecule has 0 aliphatic carbocycles. The molecule has 0 bridgehead atoms. The van der Waals surface area contributed by atoms with Crippen LogP contribution in [0.2, 0.25) is 0 Å². The Morgan fingerprint density at radius 3 is 2.89 bits per heavy atom. The molecule has 1 saturated heterocycles. The maximum Gasteiger partial charge on any atom is 0.157 e. The van der Waals surface area contributed by atoms with Gasteiger partial charge in [0, 0.05) is 38.9 Å². The molecule has 104 valence electrons. The first-order valence-electron chi connectivity index (χ1n) is 7.03. The lowest BCUT2D eigenvalue weighted by atomic mass is 9.90. The number of methoxy groups -OCH3 is 1. The van der Waals surface area contributed by atoms with Crippen molar-refractivity contribution in [2.75, 3.05) is 46.5 Å². The van der Waals surface area contributed by atoms with E-state index in [1.807, 2.05) is 0 Å². The van der Waals surface area contributed by atoms with Crippen molar-refractivity contribution < 1.29 is 9.47 Å². The summed E-state index contributed by atoms with van der Waals surface area (Å²) in [5.41, 5.74) is 2.32. The van der Waals surface area contributed by atoms with Gasteiger partial charge in [-0.15, -0.1) is 0 Å². The minimum atomic E-state index is -0.369. The highest BCUT2D eigenvalue weighted by Gasteiger charge is 2.38. The molecule has 1 aromatic carbocycles. The van der Waals surface area contributed by atoms with Gasteiger partial charge < -0.3 is 9.47 Å². The number of ether oxygens (including phenoxy) is 2. The molecule has 1 aromatic rings. The molecule has 1 fully saturated rings. The Labute approximate surface area is 114 Å². The third-order valence-electron chi connectivity index (χ3n) is 4.16. The van der Waals surface area contributed by atoms with Gasteiger partial charge in [-0.1, -0.05) is 24.3 Å². The molecular formula is C15H22N2O2. The summed E-state index contributed by atoms with van der Waals surface area (Å²) in [6, 6.07) is 8.60. The third kappa shape index (κ3) is 2.54. The fourth-order valence-corrected chi connectivity index (χ4v) is 3.09. The fourth-order valence-electron chi connectivity index (χ4n) is 3.09. The van der Waals surface area contributed by atoms with Crippen LogP contribution in [0.15, 0.2) is 24.3 Å². The van der Waals surface area contributed by atoms with Crippen molar-refractivity contribution in [1.29, 1.82) is 0 Å². The zero-order valence-electron chi connectivity index (χ0n) is 11.5. The lowest BCUT2D eigenvalue weighted by molar-refractivity contribution is -0.0874. The van der Waals surface area contributed by atoms with Crippen LogP contribution in [-0.2, 0) is 21.6 Å². The number of morpholine rings is 1. The van der Waals surface area contributed by atoms with E-state index in [4.69, 9.17) is 9.47 Å². The van der Waals surface area contributed by atoms with Crippen molar-refractivity contribution in [3.8, 4) is 0 Å². The number of nitrogens with zero attached hydrogens (tertiary/aromatic N) is 1. The molecule has 19 heavy (non-hydrogen) atoms. The van der Waals surface area contributed by atoms with Crippen LogP contribution in [0.25, 0.3) is 0 Å². The Balaban J connectivity index is 1.86. The molecule has 2 aliphatic rings. The van der Waals surface area contributed by atoms with Gasteiger partial charge in [-0.05, 0) is 12.0 Å². The van der Waals surface area contributed by atoms with Crippen LogP contribution in [0, 0.1) is 0 Å². The van der Waals surface area contributed by atoms with Crippen molar-refractivity contribution >= 4 is 0 Å². The minimum Gasteiger partial charge on any atom is -0.379 e. The summed E-state index contributed by atoms with van der Waals surface area (Å²) < 4.78 is 11.3. The molecule has 2 aliphatic heterocycles. The molecule has 1 atom stereocenters. The smallest absolute Gasteiger partial charge is 0.157 e. The summed E-state index contributed by atoms with van der Waals surface area (Å²) >= 11 is 0. The first kappa shape index (κ1) is 13.1. The molecule has 0 saturated carbocycles. The van der Waals surface area contributed by atoms with E-state index in [9.17, 15) is 0 Å². The standard InChI is InChI=1S/C15H22N2O2/c1-18-15(12-17-8-10-19-11-9-17)14-5-3-2-4-13(14)6-7-16-15/h2-5,16H,6-12H2,1H3. The molecule has 2 heterocycles. The number of hydrogen-bond donors (Lipinski definition) is 1. The van der Waals surface area contributed by atoms with Crippen molar-refractivity contribution in [1.82, 2.24) is 10.2 Å². The zero-order chi connectivity index (χ0) is 13.1. The highest BCUT2D eigenvalue weighted by atomic mass is 16.5. The Kier molecular flexibility index (Phi) is 3.84. The fraction of sp³-hybridized carbons (Fsp3) is 0.600. The number of rotatable bonds is 3. The Morgan fingerprint density at radius 1 is 1.32 bits per heavy atom. The van der Waals surface area contributed by atoms with Crippen LogP contribution in [0.4, 0.5) is 0 Å². The maximum absolute atomic E-state index is 5.91. The predicted octanol–water partition coefficient (Wildman–Crippen LogP) is 0.964. The van der Waals surface area contributed by atoms with Gasteiger partial charge in [0.25, 0.3) is 0 Å². The van der Waals surface area contributed by atoms with Gasteiger partial charge in [0.15, 0.2) is 5.72 Å². The van der Waals surface area contributed by atoms with E-state index in [2.05, 4.69) is 34.5 Å². The van der Waals surface area contributed by atoms with Gasteiger partial charge in [0.1, 0.15) is 0 Å². The van der Waals surface area contributed by atoms with Gasteiger partial charge in [0.2, 0.25) is 0 Å². The molecule has 4 heteroatoms. The van der Waals surface area contributed by atoms with Crippen LogP contribution in [0.5, 0.6) is 0 Å². The number of fused-ring (bicyclic) bond motifs is 1. The van der Waals surface area contributed by atoms with Gasteiger partial charge in [-0.2, -0.15) is 0 Å². The number of benzene rings is 1. The highest BCUT2D eigenvalue weighted by molar-refractivity contribution is 5.35. The van der Waals surface area contributed by atoms with Gasteiger partial charge >= 0.3 is 0 Å². The van der Waals surface area contributed by atoms with E-state index in [-0.39, 0.29) is 5.72 Å². The second kappa shape index (κ2) is 5.59. The lowest BCUT2D eigenvalue weighted by Gasteiger charge is -2.42. The van der Waals surface area contributed by atoms with Crippen LogP contribution in [0.3, 0.4) is 0 Å². The van der Waals surface area contributed by atoms with Crippen LogP contribution in [0.1, 0.15) is 11.1 Å². The second-order valence-corrected chi connectivity index (χ2v) is 5.25. The van der Waals surface area contributed by atoms with Crippen molar-refractivity contribution in [2.24, 2.45) is 0 Å². The number of hydrogen-bond acceptors (Lipinski definition) is 4. The molecule has 0 aromatic heterocycles. The normalized spacial score (nSPS) is 28.1. The lowest BCUT2D eigenvalue weighted by Crippen LogP contribution is -2.57. The third-order valence-corrected chi connectivity index (χ3v) is 4.16. The Bertz CT molecular complexity index is 432. The average molecular weight is 262 g/mol. The summed E-state index contributed by atoms with van der Waals surface area (Å²) in [6.07, 6.45) is 1.07.